The minimum absolute atomic E-state index is 0.0866. The summed E-state index contributed by atoms with van der Waals surface area (Å²) in [5.41, 5.74) is 5.26. The van der Waals surface area contributed by atoms with Crippen molar-refractivity contribution in [2.45, 2.75) is 6.92 Å². The third kappa shape index (κ3) is 5.22. The van der Waals surface area contributed by atoms with E-state index >= 15 is 0 Å². The first-order valence-electron chi connectivity index (χ1n) is 13.1. The van der Waals surface area contributed by atoms with Gasteiger partial charge < -0.3 is 19.1 Å². The number of halogens is 2. The predicted molar refractivity (Wildman–Crippen MR) is 160 cm³/mol. The zero-order valence-electron chi connectivity index (χ0n) is 21.9. The van der Waals surface area contributed by atoms with Gasteiger partial charge >= 0.3 is 0 Å². The molecule has 3 heterocycles. The average Bonchev–Trinajstić information content (AvgIpc) is 3.37. The molecular weight excluding hydrogens is 545 g/mol. The van der Waals surface area contributed by atoms with Gasteiger partial charge in [0.05, 0.1) is 10.4 Å². The molecule has 9 heteroatoms. The van der Waals surface area contributed by atoms with E-state index in [4.69, 9.17) is 37.9 Å². The van der Waals surface area contributed by atoms with Crippen molar-refractivity contribution in [1.82, 2.24) is 19.4 Å². The van der Waals surface area contributed by atoms with E-state index < -0.39 is 0 Å². The van der Waals surface area contributed by atoms with Gasteiger partial charge in [0.15, 0.2) is 12.3 Å². The molecule has 0 bridgehead atoms. The fraction of sp³-hybridized carbons (Fsp3) is 0.194. The average molecular weight is 572 g/mol. The van der Waals surface area contributed by atoms with Gasteiger partial charge in [-0.1, -0.05) is 71.2 Å². The standard InChI is InChI=1S/C31H27Cl2N5O2/c1-21-7-10-24(11-8-21)38-18-25(22-5-3-2-4-6-22)29-30(34-20-35-31(29)38)37-15-13-36(14-16-37)28(39)19-40-27-12-9-23(32)17-26(27)33/h2-12,17-18,20H,13-16,19H2,1H3. The molecule has 0 radical (unpaired) electrons. The van der Waals surface area contributed by atoms with E-state index in [1.165, 1.54) is 5.56 Å². The molecule has 0 saturated carbocycles. The van der Waals surface area contributed by atoms with Crippen LogP contribution in [0.25, 0.3) is 27.8 Å². The number of piperazine rings is 1. The zero-order valence-corrected chi connectivity index (χ0v) is 23.4. The van der Waals surface area contributed by atoms with E-state index in [0.29, 0.717) is 42.0 Å². The first-order chi connectivity index (χ1) is 19.5. The van der Waals surface area contributed by atoms with Crippen LogP contribution in [0.1, 0.15) is 5.56 Å². The summed E-state index contributed by atoms with van der Waals surface area (Å²) in [6, 6.07) is 23.7. The Kier molecular flexibility index (Phi) is 7.32. The Bertz CT molecular complexity index is 1660. The lowest BCUT2D eigenvalue weighted by Crippen LogP contribution is -2.50. The monoisotopic (exact) mass is 571 g/mol. The highest BCUT2D eigenvalue weighted by molar-refractivity contribution is 6.35. The maximum atomic E-state index is 12.9. The van der Waals surface area contributed by atoms with Crippen molar-refractivity contribution in [2.75, 3.05) is 37.7 Å². The Morgan fingerprint density at radius 3 is 2.40 bits per heavy atom. The molecule has 7 nitrogen and oxygen atoms in total. The summed E-state index contributed by atoms with van der Waals surface area (Å²) in [6.07, 6.45) is 3.76. The third-order valence-electron chi connectivity index (χ3n) is 7.14. The quantitative estimate of drug-likeness (QED) is 0.235. The Hall–Kier alpha value is -4.07. The number of rotatable bonds is 6. The van der Waals surface area contributed by atoms with Crippen LogP contribution < -0.4 is 9.64 Å². The molecular formula is C31H27Cl2N5O2. The van der Waals surface area contributed by atoms with E-state index in [1.807, 2.05) is 23.1 Å². The molecule has 3 aromatic carbocycles. The molecule has 1 amide bonds. The fourth-order valence-corrected chi connectivity index (χ4v) is 5.48. The second kappa shape index (κ2) is 11.2. The van der Waals surface area contributed by atoms with Gasteiger partial charge in [-0.25, -0.2) is 9.97 Å². The second-order valence-corrected chi connectivity index (χ2v) is 10.6. The molecule has 0 N–H and O–H groups in total. The molecule has 0 atom stereocenters. The van der Waals surface area contributed by atoms with Crippen molar-refractivity contribution in [1.29, 1.82) is 0 Å². The first-order valence-corrected chi connectivity index (χ1v) is 13.8. The Morgan fingerprint density at radius 1 is 0.925 bits per heavy atom. The lowest BCUT2D eigenvalue weighted by atomic mass is 10.1. The highest BCUT2D eigenvalue weighted by Gasteiger charge is 2.26. The van der Waals surface area contributed by atoms with Crippen molar-refractivity contribution >= 4 is 46.0 Å². The minimum Gasteiger partial charge on any atom is -0.482 e. The van der Waals surface area contributed by atoms with Crippen LogP contribution in [0.5, 0.6) is 5.75 Å². The number of ether oxygens (including phenoxy) is 1. The van der Waals surface area contributed by atoms with Crippen LogP contribution in [0.2, 0.25) is 10.0 Å². The van der Waals surface area contributed by atoms with Crippen LogP contribution >= 0.6 is 23.2 Å². The van der Waals surface area contributed by atoms with E-state index in [0.717, 1.165) is 33.7 Å². The van der Waals surface area contributed by atoms with Crippen LogP contribution in [-0.2, 0) is 4.79 Å². The zero-order chi connectivity index (χ0) is 27.6. The van der Waals surface area contributed by atoms with Gasteiger partial charge in [0.1, 0.15) is 17.9 Å². The molecule has 0 unspecified atom stereocenters. The Morgan fingerprint density at radius 2 is 1.68 bits per heavy atom. The number of carbonyl (C=O) groups is 1. The van der Waals surface area contributed by atoms with Crippen molar-refractivity contribution < 1.29 is 9.53 Å². The molecule has 1 fully saturated rings. The normalized spacial score (nSPS) is 13.6. The van der Waals surface area contributed by atoms with Gasteiger partial charge in [0.2, 0.25) is 0 Å². The van der Waals surface area contributed by atoms with Crippen LogP contribution in [0.3, 0.4) is 0 Å². The number of anilines is 1. The molecule has 0 aliphatic carbocycles. The highest BCUT2D eigenvalue weighted by Crippen LogP contribution is 2.37. The van der Waals surface area contributed by atoms with E-state index in [9.17, 15) is 4.79 Å². The Labute approximate surface area is 242 Å². The molecule has 1 saturated heterocycles. The number of benzene rings is 3. The molecule has 1 aliphatic rings. The number of aryl methyl sites for hydroxylation is 1. The number of fused-ring (bicyclic) bond motifs is 1. The molecule has 2 aromatic heterocycles. The van der Waals surface area contributed by atoms with Gasteiger partial charge in [-0.05, 0) is 42.8 Å². The summed E-state index contributed by atoms with van der Waals surface area (Å²) in [5, 5.41) is 1.89. The van der Waals surface area contributed by atoms with E-state index in [2.05, 4.69) is 59.0 Å². The predicted octanol–water partition coefficient (Wildman–Crippen LogP) is 6.43. The number of nitrogens with zero attached hydrogens (tertiary/aromatic N) is 5. The van der Waals surface area contributed by atoms with Gasteiger partial charge in [-0.2, -0.15) is 0 Å². The van der Waals surface area contributed by atoms with Crippen molar-refractivity contribution in [3.8, 4) is 22.6 Å². The van der Waals surface area contributed by atoms with Gasteiger partial charge in [0.25, 0.3) is 5.91 Å². The lowest BCUT2D eigenvalue weighted by molar-refractivity contribution is -0.133. The van der Waals surface area contributed by atoms with Gasteiger partial charge in [-0.3, -0.25) is 4.79 Å². The summed E-state index contributed by atoms with van der Waals surface area (Å²) in [6.45, 7) is 4.39. The first kappa shape index (κ1) is 26.2. The molecule has 0 spiro atoms. The number of aromatic nitrogens is 3. The maximum absolute atomic E-state index is 12.9. The van der Waals surface area contributed by atoms with Crippen molar-refractivity contribution in [3.63, 3.8) is 0 Å². The largest absolute Gasteiger partial charge is 0.482 e. The third-order valence-corrected chi connectivity index (χ3v) is 7.67. The van der Waals surface area contributed by atoms with Crippen LogP contribution in [0.15, 0.2) is 85.3 Å². The van der Waals surface area contributed by atoms with Gasteiger partial charge in [-0.15, -0.1) is 0 Å². The molecule has 5 aromatic rings. The van der Waals surface area contributed by atoms with Crippen LogP contribution in [-0.4, -0.2) is 58.1 Å². The number of carbonyl (C=O) groups excluding carboxylic acids is 1. The van der Waals surface area contributed by atoms with Crippen molar-refractivity contribution in [2.24, 2.45) is 0 Å². The molecule has 1 aliphatic heterocycles. The van der Waals surface area contributed by atoms with Gasteiger partial charge in [0, 0.05) is 48.6 Å². The second-order valence-electron chi connectivity index (χ2n) is 9.74. The fourth-order valence-electron chi connectivity index (χ4n) is 5.01. The van der Waals surface area contributed by atoms with E-state index in [1.54, 1.807) is 24.5 Å². The lowest BCUT2D eigenvalue weighted by Gasteiger charge is -2.35. The molecule has 40 heavy (non-hydrogen) atoms. The molecule has 6 rings (SSSR count). The molecule has 202 valence electrons. The summed E-state index contributed by atoms with van der Waals surface area (Å²) in [4.78, 5) is 26.4. The maximum Gasteiger partial charge on any atom is 0.260 e. The van der Waals surface area contributed by atoms with Crippen molar-refractivity contribution in [3.05, 3.63) is 101 Å². The number of hydrogen-bond donors (Lipinski definition) is 0. The summed E-state index contributed by atoms with van der Waals surface area (Å²) in [7, 11) is 0. The number of amides is 1. The smallest absolute Gasteiger partial charge is 0.260 e. The topological polar surface area (TPSA) is 63.5 Å². The summed E-state index contributed by atoms with van der Waals surface area (Å²) < 4.78 is 7.80. The highest BCUT2D eigenvalue weighted by atomic mass is 35.5. The number of hydrogen-bond acceptors (Lipinski definition) is 5. The van der Waals surface area contributed by atoms with Crippen LogP contribution in [0.4, 0.5) is 5.82 Å². The summed E-state index contributed by atoms with van der Waals surface area (Å²) in [5.74, 6) is 1.22. The Balaban J connectivity index is 1.25. The van der Waals surface area contributed by atoms with E-state index in [-0.39, 0.29) is 12.5 Å². The van der Waals surface area contributed by atoms with Crippen LogP contribution in [0, 0.1) is 6.92 Å². The SMILES string of the molecule is Cc1ccc(-n2cc(-c3ccccc3)c3c(N4CCN(C(=O)COc5ccc(Cl)cc5Cl)CC4)ncnc32)cc1. The minimum atomic E-state index is -0.0889. The summed E-state index contributed by atoms with van der Waals surface area (Å²) >= 11 is 12.1.